The molecule has 1 N–H and O–H groups in total. The molecule has 1 aliphatic heterocycles. The first-order valence-electron chi connectivity index (χ1n) is 7.35. The third-order valence-corrected chi connectivity index (χ3v) is 3.85. The summed E-state index contributed by atoms with van der Waals surface area (Å²) in [5.74, 6) is 0. The van der Waals surface area contributed by atoms with Crippen LogP contribution in [0.5, 0.6) is 0 Å². The molecular weight excluding hydrogens is 236 g/mol. The molecule has 0 aliphatic carbocycles. The van der Waals surface area contributed by atoms with Gasteiger partial charge in [0, 0.05) is 39.0 Å². The van der Waals surface area contributed by atoms with Crippen molar-refractivity contribution in [3.63, 3.8) is 0 Å². The molecule has 0 aromatic heterocycles. The number of methoxy groups -OCH3 is 1. The van der Waals surface area contributed by atoms with Crippen LogP contribution >= 0.6 is 0 Å². The summed E-state index contributed by atoms with van der Waals surface area (Å²) in [6.07, 6.45) is 4.05. The molecule has 0 unspecified atom stereocenters. The van der Waals surface area contributed by atoms with Crippen LogP contribution in [-0.2, 0) is 11.3 Å². The average molecular weight is 262 g/mol. The van der Waals surface area contributed by atoms with Crippen LogP contribution in [0.25, 0.3) is 0 Å². The molecule has 1 aromatic carbocycles. The van der Waals surface area contributed by atoms with Gasteiger partial charge in [-0.1, -0.05) is 6.07 Å². The quantitative estimate of drug-likeness (QED) is 0.798. The largest absolute Gasteiger partial charge is 0.383 e. The van der Waals surface area contributed by atoms with Crippen LogP contribution < -0.4 is 10.2 Å². The molecule has 2 rings (SSSR count). The van der Waals surface area contributed by atoms with Crippen LogP contribution in [0.4, 0.5) is 5.69 Å². The van der Waals surface area contributed by atoms with E-state index in [2.05, 4.69) is 35.3 Å². The summed E-state index contributed by atoms with van der Waals surface area (Å²) >= 11 is 0. The van der Waals surface area contributed by atoms with Crippen molar-refractivity contribution in [3.05, 3.63) is 29.3 Å². The summed E-state index contributed by atoms with van der Waals surface area (Å²) in [6, 6.07) is 6.86. The maximum Gasteiger partial charge on any atom is 0.0587 e. The zero-order valence-electron chi connectivity index (χ0n) is 12.2. The first-order valence-corrected chi connectivity index (χ1v) is 7.35. The third kappa shape index (κ3) is 4.22. The Bertz CT molecular complexity index is 386. The Labute approximate surface area is 116 Å². The minimum Gasteiger partial charge on any atom is -0.383 e. The topological polar surface area (TPSA) is 24.5 Å². The van der Waals surface area contributed by atoms with E-state index in [0.717, 1.165) is 19.7 Å². The highest BCUT2D eigenvalue weighted by Gasteiger charge is 2.11. The highest BCUT2D eigenvalue weighted by Crippen LogP contribution is 2.22. The smallest absolute Gasteiger partial charge is 0.0587 e. The van der Waals surface area contributed by atoms with Crippen molar-refractivity contribution in [2.45, 2.75) is 32.7 Å². The molecule has 0 saturated carbocycles. The van der Waals surface area contributed by atoms with Crippen LogP contribution in [0.15, 0.2) is 18.2 Å². The van der Waals surface area contributed by atoms with Crippen LogP contribution in [0.1, 0.15) is 30.4 Å². The SMILES string of the molecule is COCCNCc1ccc(N2CCCCC2)cc1C. The van der Waals surface area contributed by atoms with Crippen LogP contribution in [0.3, 0.4) is 0 Å². The Hall–Kier alpha value is -1.06. The molecule has 19 heavy (non-hydrogen) atoms. The highest BCUT2D eigenvalue weighted by atomic mass is 16.5. The minimum atomic E-state index is 0.769. The van der Waals surface area contributed by atoms with Gasteiger partial charge in [-0.2, -0.15) is 0 Å². The maximum atomic E-state index is 5.04. The molecule has 1 fully saturated rings. The van der Waals surface area contributed by atoms with Gasteiger partial charge in [0.1, 0.15) is 0 Å². The Morgan fingerprint density at radius 2 is 2.00 bits per heavy atom. The molecule has 1 aromatic rings. The number of nitrogens with zero attached hydrogens (tertiary/aromatic N) is 1. The van der Waals surface area contributed by atoms with Crippen molar-refractivity contribution >= 4 is 5.69 Å². The monoisotopic (exact) mass is 262 g/mol. The van der Waals surface area contributed by atoms with Gasteiger partial charge in [0.2, 0.25) is 0 Å². The molecule has 0 spiro atoms. The first-order chi connectivity index (χ1) is 9.31. The van der Waals surface area contributed by atoms with Crippen LogP contribution in [-0.4, -0.2) is 33.4 Å². The van der Waals surface area contributed by atoms with Gasteiger partial charge >= 0.3 is 0 Å². The molecule has 3 heteroatoms. The van der Waals surface area contributed by atoms with E-state index < -0.39 is 0 Å². The van der Waals surface area contributed by atoms with Gasteiger partial charge in [-0.15, -0.1) is 0 Å². The van der Waals surface area contributed by atoms with Gasteiger partial charge in [0.15, 0.2) is 0 Å². The second-order valence-electron chi connectivity index (χ2n) is 5.33. The number of benzene rings is 1. The van der Waals surface area contributed by atoms with E-state index in [1.54, 1.807) is 7.11 Å². The van der Waals surface area contributed by atoms with Crippen molar-refractivity contribution in [2.24, 2.45) is 0 Å². The lowest BCUT2D eigenvalue weighted by molar-refractivity contribution is 0.199. The zero-order valence-corrected chi connectivity index (χ0v) is 12.2. The summed E-state index contributed by atoms with van der Waals surface area (Å²) in [6.45, 7) is 7.24. The Balaban J connectivity index is 1.92. The van der Waals surface area contributed by atoms with E-state index in [0.29, 0.717) is 0 Å². The van der Waals surface area contributed by atoms with Gasteiger partial charge < -0.3 is 15.0 Å². The number of aryl methyl sites for hydroxylation is 1. The van der Waals surface area contributed by atoms with Crippen molar-refractivity contribution in [2.75, 3.05) is 38.3 Å². The fourth-order valence-corrected chi connectivity index (χ4v) is 2.62. The molecule has 106 valence electrons. The summed E-state index contributed by atoms with van der Waals surface area (Å²) in [5, 5.41) is 3.40. The van der Waals surface area contributed by atoms with E-state index in [-0.39, 0.29) is 0 Å². The normalized spacial score (nSPS) is 15.8. The number of nitrogens with one attached hydrogen (secondary N) is 1. The van der Waals surface area contributed by atoms with Crippen molar-refractivity contribution < 1.29 is 4.74 Å². The van der Waals surface area contributed by atoms with E-state index in [1.165, 1.54) is 49.2 Å². The van der Waals surface area contributed by atoms with Gasteiger partial charge in [0.25, 0.3) is 0 Å². The highest BCUT2D eigenvalue weighted by molar-refractivity contribution is 5.51. The predicted molar refractivity (Wildman–Crippen MR) is 80.8 cm³/mol. The molecule has 0 bridgehead atoms. The van der Waals surface area contributed by atoms with Crippen molar-refractivity contribution in [1.29, 1.82) is 0 Å². The molecule has 0 radical (unpaired) electrons. The number of anilines is 1. The summed E-state index contributed by atoms with van der Waals surface area (Å²) in [4.78, 5) is 2.51. The third-order valence-electron chi connectivity index (χ3n) is 3.85. The Morgan fingerprint density at radius 1 is 1.21 bits per heavy atom. The van der Waals surface area contributed by atoms with Crippen LogP contribution in [0, 0.1) is 6.92 Å². The van der Waals surface area contributed by atoms with Gasteiger partial charge in [-0.3, -0.25) is 0 Å². The number of hydrogen-bond donors (Lipinski definition) is 1. The van der Waals surface area contributed by atoms with Crippen LogP contribution in [0.2, 0.25) is 0 Å². The lowest BCUT2D eigenvalue weighted by Gasteiger charge is -2.29. The first kappa shape index (κ1) is 14.4. The van der Waals surface area contributed by atoms with Gasteiger partial charge in [0.05, 0.1) is 6.61 Å². The second kappa shape index (κ2) is 7.51. The lowest BCUT2D eigenvalue weighted by atomic mass is 10.1. The molecule has 1 heterocycles. The molecular formula is C16H26N2O. The molecule has 0 amide bonds. The Kier molecular flexibility index (Phi) is 5.67. The summed E-state index contributed by atoms with van der Waals surface area (Å²) in [7, 11) is 1.74. The number of hydrogen-bond acceptors (Lipinski definition) is 3. The number of piperidine rings is 1. The Morgan fingerprint density at radius 3 is 2.68 bits per heavy atom. The predicted octanol–water partition coefficient (Wildman–Crippen LogP) is 2.72. The minimum absolute atomic E-state index is 0.769. The summed E-state index contributed by atoms with van der Waals surface area (Å²) < 4.78 is 5.04. The fourth-order valence-electron chi connectivity index (χ4n) is 2.62. The van der Waals surface area contributed by atoms with E-state index in [9.17, 15) is 0 Å². The van der Waals surface area contributed by atoms with E-state index in [1.807, 2.05) is 0 Å². The molecule has 0 atom stereocenters. The summed E-state index contributed by atoms with van der Waals surface area (Å²) in [5.41, 5.74) is 4.16. The zero-order chi connectivity index (χ0) is 13.5. The standard InChI is InChI=1S/C16H26N2O/c1-14-12-16(18-9-4-3-5-10-18)7-6-15(14)13-17-8-11-19-2/h6-7,12,17H,3-5,8-11,13H2,1-2H3. The maximum absolute atomic E-state index is 5.04. The molecule has 1 saturated heterocycles. The molecule has 3 nitrogen and oxygen atoms in total. The number of rotatable bonds is 6. The number of ether oxygens (including phenoxy) is 1. The van der Waals surface area contributed by atoms with E-state index >= 15 is 0 Å². The van der Waals surface area contributed by atoms with E-state index in [4.69, 9.17) is 4.74 Å². The molecule has 1 aliphatic rings. The van der Waals surface area contributed by atoms with Gasteiger partial charge in [-0.25, -0.2) is 0 Å². The van der Waals surface area contributed by atoms with Crippen molar-refractivity contribution in [1.82, 2.24) is 5.32 Å². The average Bonchev–Trinajstić information content (AvgIpc) is 2.46. The fraction of sp³-hybridized carbons (Fsp3) is 0.625. The van der Waals surface area contributed by atoms with Crippen molar-refractivity contribution in [3.8, 4) is 0 Å². The second-order valence-corrected chi connectivity index (χ2v) is 5.33. The van der Waals surface area contributed by atoms with Gasteiger partial charge in [-0.05, 0) is 49.4 Å². The lowest BCUT2D eigenvalue weighted by Crippen LogP contribution is -2.29.